The van der Waals surface area contributed by atoms with Crippen molar-refractivity contribution in [1.82, 2.24) is 0 Å². The third-order valence-corrected chi connectivity index (χ3v) is 7.53. The van der Waals surface area contributed by atoms with Gasteiger partial charge in [-0.25, -0.2) is 4.79 Å². The Hall–Kier alpha value is -1.04. The zero-order valence-corrected chi connectivity index (χ0v) is 23.2. The van der Waals surface area contributed by atoms with E-state index in [-0.39, 0.29) is 30.0 Å². The Morgan fingerprint density at radius 2 is 1.72 bits per heavy atom. The van der Waals surface area contributed by atoms with Gasteiger partial charge in [-0.05, 0) is 39.5 Å². The Morgan fingerprint density at radius 1 is 1.06 bits per heavy atom. The highest BCUT2D eigenvalue weighted by molar-refractivity contribution is 9.06. The molecule has 208 valence electrons. The SMILES string of the molecule is C/C(=C\C(=O)OCCCCCCCCC(=O)OBr)C[C@@H]1OC[C@H](C[C@@H]2O[C@H]2[C@@H](C)[C@H](C)O)[C@@H](O)[C@H]1O. The summed E-state index contributed by atoms with van der Waals surface area (Å²) in [5.74, 6) is -0.901. The number of aliphatic hydroxyl groups is 3. The Labute approximate surface area is 223 Å². The number of carbonyl (C=O) groups is 2. The van der Waals surface area contributed by atoms with Crippen molar-refractivity contribution >= 4 is 28.2 Å². The predicted molar refractivity (Wildman–Crippen MR) is 136 cm³/mol. The normalized spacial score (nSPS) is 29.9. The minimum Gasteiger partial charge on any atom is -0.463 e. The smallest absolute Gasteiger partial charge is 0.330 e. The Bertz CT molecular complexity index is 714. The molecule has 0 unspecified atom stereocenters. The Balaban J connectivity index is 1.60. The number of hydrogen-bond acceptors (Lipinski definition) is 9. The van der Waals surface area contributed by atoms with Gasteiger partial charge in [-0.1, -0.05) is 38.2 Å². The van der Waals surface area contributed by atoms with Crippen LogP contribution in [0.4, 0.5) is 0 Å². The van der Waals surface area contributed by atoms with Crippen molar-refractivity contribution in [2.45, 2.75) is 115 Å². The van der Waals surface area contributed by atoms with Crippen LogP contribution in [0.2, 0.25) is 0 Å². The number of esters is 1. The lowest BCUT2D eigenvalue weighted by molar-refractivity contribution is -0.165. The summed E-state index contributed by atoms with van der Waals surface area (Å²) >= 11 is 2.67. The number of hydrogen-bond donors (Lipinski definition) is 3. The van der Waals surface area contributed by atoms with Crippen molar-refractivity contribution in [3.63, 3.8) is 0 Å². The number of epoxide rings is 1. The molecule has 0 amide bonds. The molecule has 0 aromatic carbocycles. The van der Waals surface area contributed by atoms with E-state index in [0.29, 0.717) is 38.0 Å². The number of halogens is 1. The fourth-order valence-electron chi connectivity index (χ4n) is 4.62. The summed E-state index contributed by atoms with van der Waals surface area (Å²) in [6.45, 7) is 6.10. The fraction of sp³-hybridized carbons (Fsp3) is 0.846. The van der Waals surface area contributed by atoms with Gasteiger partial charge in [0.05, 0.1) is 43.7 Å². The molecule has 9 nitrogen and oxygen atoms in total. The molecule has 0 aliphatic carbocycles. The highest BCUT2D eigenvalue weighted by Crippen LogP contribution is 2.38. The molecule has 2 saturated heterocycles. The Morgan fingerprint density at radius 3 is 2.39 bits per heavy atom. The molecule has 8 atom stereocenters. The molecular weight excluding hydrogens is 536 g/mol. The molecule has 0 aromatic rings. The van der Waals surface area contributed by atoms with Gasteiger partial charge < -0.3 is 33.4 Å². The second-order valence-corrected chi connectivity index (χ2v) is 10.6. The number of carbonyl (C=O) groups excluding carboxylic acids is 2. The lowest BCUT2D eigenvalue weighted by Gasteiger charge is -2.38. The van der Waals surface area contributed by atoms with Gasteiger partial charge in [0.1, 0.15) is 6.10 Å². The molecule has 0 saturated carbocycles. The largest absolute Gasteiger partial charge is 0.463 e. The van der Waals surface area contributed by atoms with Crippen molar-refractivity contribution in [1.29, 1.82) is 0 Å². The van der Waals surface area contributed by atoms with Gasteiger partial charge in [-0.2, -0.15) is 0 Å². The molecule has 3 N–H and O–H groups in total. The molecule has 10 heteroatoms. The molecule has 2 fully saturated rings. The molecule has 36 heavy (non-hydrogen) atoms. The molecular formula is C26H43BrO9. The summed E-state index contributed by atoms with van der Waals surface area (Å²) in [4.78, 5) is 23.1. The van der Waals surface area contributed by atoms with Crippen LogP contribution in [-0.4, -0.2) is 77.1 Å². The first-order chi connectivity index (χ1) is 17.1. The zero-order chi connectivity index (χ0) is 26.7. The van der Waals surface area contributed by atoms with E-state index in [0.717, 1.165) is 38.5 Å². The lowest BCUT2D eigenvalue weighted by Crippen LogP contribution is -2.50. The maximum absolute atomic E-state index is 12.1. The fourth-order valence-corrected chi connectivity index (χ4v) is 4.78. The molecule has 2 aliphatic heterocycles. The molecule has 0 radical (unpaired) electrons. The van der Waals surface area contributed by atoms with E-state index in [9.17, 15) is 24.9 Å². The van der Waals surface area contributed by atoms with Gasteiger partial charge in [0.15, 0.2) is 16.3 Å². The average molecular weight is 580 g/mol. The third-order valence-electron chi connectivity index (χ3n) is 7.17. The van der Waals surface area contributed by atoms with E-state index in [2.05, 4.69) is 20.1 Å². The van der Waals surface area contributed by atoms with Crippen LogP contribution < -0.4 is 0 Å². The maximum Gasteiger partial charge on any atom is 0.330 e. The van der Waals surface area contributed by atoms with Gasteiger partial charge in [-0.15, -0.1) is 0 Å². The molecule has 0 bridgehead atoms. The first kappa shape index (κ1) is 31.2. The highest BCUT2D eigenvalue weighted by Gasteiger charge is 2.48. The van der Waals surface area contributed by atoms with Crippen LogP contribution in [0.5, 0.6) is 0 Å². The van der Waals surface area contributed by atoms with E-state index in [1.54, 1.807) is 13.8 Å². The molecule has 2 heterocycles. The first-order valence-corrected chi connectivity index (χ1v) is 13.7. The number of unbranched alkanes of at least 4 members (excludes halogenated alkanes) is 5. The maximum atomic E-state index is 12.1. The number of rotatable bonds is 16. The van der Waals surface area contributed by atoms with Gasteiger partial charge in [-0.3, -0.25) is 4.79 Å². The van der Waals surface area contributed by atoms with Crippen LogP contribution in [0.1, 0.15) is 78.6 Å². The summed E-state index contributed by atoms with van der Waals surface area (Å²) in [5, 5.41) is 30.9. The van der Waals surface area contributed by atoms with Crippen LogP contribution in [0.25, 0.3) is 0 Å². The highest BCUT2D eigenvalue weighted by atomic mass is 79.9. The third kappa shape index (κ3) is 10.8. The summed E-state index contributed by atoms with van der Waals surface area (Å²) in [6, 6.07) is 0. The quantitative estimate of drug-likeness (QED) is 0.109. The van der Waals surface area contributed by atoms with Crippen molar-refractivity contribution in [2.24, 2.45) is 11.8 Å². The second-order valence-electron chi connectivity index (χ2n) is 10.3. The zero-order valence-electron chi connectivity index (χ0n) is 21.6. The monoisotopic (exact) mass is 578 g/mol. The molecule has 0 aromatic heterocycles. The standard InChI is InChI=1S/C26H43BrO9/c1-16(13-23(30)33-11-9-7-5-4-6-8-10-22(29)36-27)12-20-25(32)24(31)19(15-34-20)14-21-26(35-21)17(2)18(3)28/h13,17-21,24-26,28,31-32H,4-12,14-15H2,1-3H3/b16-13+/t17-,18-,19-,20-,21-,24+,25-,26-/m0/s1. The minimum atomic E-state index is -1.06. The summed E-state index contributed by atoms with van der Waals surface area (Å²) < 4.78 is 21.2. The van der Waals surface area contributed by atoms with E-state index < -0.39 is 30.4 Å². The summed E-state index contributed by atoms with van der Waals surface area (Å²) in [5.41, 5.74) is 0.716. The summed E-state index contributed by atoms with van der Waals surface area (Å²) in [7, 11) is 0. The van der Waals surface area contributed by atoms with Gasteiger partial charge in [0, 0.05) is 24.3 Å². The minimum absolute atomic E-state index is 0.0183. The second kappa shape index (κ2) is 16.0. The van der Waals surface area contributed by atoms with E-state index in [1.807, 2.05) is 6.92 Å². The van der Waals surface area contributed by atoms with Crippen LogP contribution >= 0.6 is 16.3 Å². The molecule has 0 spiro atoms. The summed E-state index contributed by atoms with van der Waals surface area (Å²) in [6.07, 6.45) is 5.14. The first-order valence-electron chi connectivity index (χ1n) is 13.1. The van der Waals surface area contributed by atoms with E-state index in [1.165, 1.54) is 6.08 Å². The van der Waals surface area contributed by atoms with E-state index in [4.69, 9.17) is 14.2 Å². The van der Waals surface area contributed by atoms with Crippen LogP contribution in [0.3, 0.4) is 0 Å². The lowest BCUT2D eigenvalue weighted by atomic mass is 9.85. The van der Waals surface area contributed by atoms with Crippen molar-refractivity contribution in [3.8, 4) is 0 Å². The van der Waals surface area contributed by atoms with Gasteiger partial charge in [0.25, 0.3) is 0 Å². The number of aliphatic hydroxyl groups excluding tert-OH is 3. The van der Waals surface area contributed by atoms with E-state index >= 15 is 0 Å². The van der Waals surface area contributed by atoms with Gasteiger partial charge >= 0.3 is 11.9 Å². The van der Waals surface area contributed by atoms with Crippen LogP contribution in [0, 0.1) is 11.8 Å². The van der Waals surface area contributed by atoms with Crippen LogP contribution in [0.15, 0.2) is 11.6 Å². The topological polar surface area (TPSA) is 135 Å². The molecule has 2 aliphatic rings. The van der Waals surface area contributed by atoms with Gasteiger partial charge in [0.2, 0.25) is 0 Å². The average Bonchev–Trinajstić information content (AvgIpc) is 3.60. The van der Waals surface area contributed by atoms with Crippen molar-refractivity contribution < 1.29 is 42.9 Å². The predicted octanol–water partition coefficient (Wildman–Crippen LogP) is 3.36. The van der Waals surface area contributed by atoms with Crippen molar-refractivity contribution in [3.05, 3.63) is 11.6 Å². The van der Waals surface area contributed by atoms with Crippen LogP contribution in [-0.2, 0) is 27.6 Å². The Kier molecular flexibility index (Phi) is 13.9. The number of ether oxygens (including phenoxy) is 3. The van der Waals surface area contributed by atoms with Crippen molar-refractivity contribution in [2.75, 3.05) is 13.2 Å². The molecule has 2 rings (SSSR count).